The predicted octanol–water partition coefficient (Wildman–Crippen LogP) is 7.11. The second-order valence-corrected chi connectivity index (χ2v) is 9.96. The fraction of sp³-hybridized carbons (Fsp3) is 0.219. The van der Waals surface area contributed by atoms with E-state index in [1.54, 1.807) is 24.5 Å². The van der Waals surface area contributed by atoms with Gasteiger partial charge in [-0.3, -0.25) is 9.97 Å². The summed E-state index contributed by atoms with van der Waals surface area (Å²) in [6.07, 6.45) is 9.66. The summed E-state index contributed by atoms with van der Waals surface area (Å²) in [5.74, 6) is 1.18. The molecule has 1 unspecified atom stereocenters. The normalized spacial score (nSPS) is 14.6. The Morgan fingerprint density at radius 1 is 1.20 bits per heavy atom. The standard InChI is InChI=1S/C32H31ClN6O2/c1-3-40-31-17-28-26(16-29(31)38-21(2)9-10-23-8-6-14-35-23)32(22(18-34)19-37-28)39-24-11-12-30(27(33)15-24)41-20-25-7-4-5-13-36-25/h4-5,7,9-13,15-17,19,23,35,38H,2-3,6,8,14,20H2,1H3,(H,37,39)/b10-9+. The van der Waals surface area contributed by atoms with Crippen LogP contribution in [0.15, 0.2) is 85.4 Å². The number of ether oxygens (including phenoxy) is 2. The number of halogens is 1. The van der Waals surface area contributed by atoms with Gasteiger partial charge in [-0.25, -0.2) is 0 Å². The van der Waals surface area contributed by atoms with Gasteiger partial charge in [0.15, 0.2) is 0 Å². The Labute approximate surface area is 244 Å². The fourth-order valence-electron chi connectivity index (χ4n) is 4.61. The van der Waals surface area contributed by atoms with E-state index in [9.17, 15) is 5.26 Å². The Hall–Kier alpha value is -4.58. The van der Waals surface area contributed by atoms with Gasteiger partial charge in [-0.15, -0.1) is 0 Å². The van der Waals surface area contributed by atoms with Crippen molar-refractivity contribution in [3.8, 4) is 17.6 Å². The second-order valence-electron chi connectivity index (χ2n) is 9.55. The van der Waals surface area contributed by atoms with Gasteiger partial charge in [-0.2, -0.15) is 5.26 Å². The second kappa shape index (κ2) is 13.2. The Kier molecular flexibility index (Phi) is 8.99. The van der Waals surface area contributed by atoms with E-state index in [1.807, 2.05) is 49.4 Å². The van der Waals surface area contributed by atoms with E-state index in [0.29, 0.717) is 58.2 Å². The minimum Gasteiger partial charge on any atom is -0.492 e. The molecule has 5 rings (SSSR count). The molecule has 41 heavy (non-hydrogen) atoms. The maximum absolute atomic E-state index is 9.91. The average Bonchev–Trinajstić information content (AvgIpc) is 3.51. The molecule has 2 aromatic carbocycles. The van der Waals surface area contributed by atoms with Crippen LogP contribution in [-0.4, -0.2) is 29.2 Å². The molecular weight excluding hydrogens is 536 g/mol. The molecule has 0 amide bonds. The number of rotatable bonds is 11. The van der Waals surface area contributed by atoms with Crippen molar-refractivity contribution >= 4 is 39.6 Å². The highest BCUT2D eigenvalue weighted by molar-refractivity contribution is 6.32. The van der Waals surface area contributed by atoms with Crippen LogP contribution in [0.2, 0.25) is 5.02 Å². The van der Waals surface area contributed by atoms with E-state index in [0.717, 1.165) is 35.4 Å². The third-order valence-corrected chi connectivity index (χ3v) is 6.91. The summed E-state index contributed by atoms with van der Waals surface area (Å²) in [6, 6.07) is 17.5. The van der Waals surface area contributed by atoms with Crippen molar-refractivity contribution in [3.05, 3.63) is 102 Å². The molecule has 208 valence electrons. The Bertz CT molecular complexity index is 1610. The van der Waals surface area contributed by atoms with Crippen LogP contribution in [0.4, 0.5) is 17.1 Å². The van der Waals surface area contributed by atoms with Gasteiger partial charge in [0.2, 0.25) is 0 Å². The molecule has 1 saturated heterocycles. The summed E-state index contributed by atoms with van der Waals surface area (Å²) in [5.41, 5.74) is 4.64. The molecule has 0 bridgehead atoms. The molecule has 3 N–H and O–H groups in total. The lowest BCUT2D eigenvalue weighted by Crippen LogP contribution is -2.18. The summed E-state index contributed by atoms with van der Waals surface area (Å²) in [5, 5.41) is 21.3. The number of anilines is 3. The zero-order valence-electron chi connectivity index (χ0n) is 22.8. The number of nitriles is 1. The number of pyridine rings is 2. The molecule has 2 aromatic heterocycles. The fourth-order valence-corrected chi connectivity index (χ4v) is 4.84. The lowest BCUT2D eigenvalue weighted by Gasteiger charge is -2.17. The predicted molar refractivity (Wildman–Crippen MR) is 164 cm³/mol. The zero-order chi connectivity index (χ0) is 28.6. The van der Waals surface area contributed by atoms with Gasteiger partial charge >= 0.3 is 0 Å². The highest BCUT2D eigenvalue weighted by Gasteiger charge is 2.16. The maximum atomic E-state index is 9.91. The number of allylic oxidation sites excluding steroid dienone is 1. The summed E-state index contributed by atoms with van der Waals surface area (Å²) >= 11 is 6.56. The lowest BCUT2D eigenvalue weighted by molar-refractivity contribution is 0.301. The van der Waals surface area contributed by atoms with Gasteiger partial charge in [0.05, 0.1) is 39.8 Å². The van der Waals surface area contributed by atoms with Gasteiger partial charge in [0.1, 0.15) is 24.2 Å². The van der Waals surface area contributed by atoms with Crippen LogP contribution in [-0.2, 0) is 6.61 Å². The molecule has 1 fully saturated rings. The van der Waals surface area contributed by atoms with Gasteiger partial charge < -0.3 is 25.4 Å². The summed E-state index contributed by atoms with van der Waals surface area (Å²) in [4.78, 5) is 8.80. The van der Waals surface area contributed by atoms with Crippen molar-refractivity contribution in [1.82, 2.24) is 15.3 Å². The molecular formula is C32H31ClN6O2. The number of nitrogens with zero attached hydrogens (tertiary/aromatic N) is 3. The minimum absolute atomic E-state index is 0.302. The van der Waals surface area contributed by atoms with E-state index in [1.165, 1.54) is 6.42 Å². The Morgan fingerprint density at radius 2 is 2.10 bits per heavy atom. The number of hydrogen-bond acceptors (Lipinski definition) is 8. The summed E-state index contributed by atoms with van der Waals surface area (Å²) in [6.45, 7) is 7.93. The van der Waals surface area contributed by atoms with E-state index in [2.05, 4.69) is 44.6 Å². The SMILES string of the molecule is C=C(/C=C/C1CCCN1)Nc1cc2c(Nc3ccc(OCc4ccccn4)c(Cl)c3)c(C#N)cnc2cc1OCC. The number of benzene rings is 2. The first-order valence-electron chi connectivity index (χ1n) is 13.5. The highest BCUT2D eigenvalue weighted by atomic mass is 35.5. The van der Waals surface area contributed by atoms with Crippen molar-refractivity contribution < 1.29 is 9.47 Å². The minimum atomic E-state index is 0.302. The molecule has 0 spiro atoms. The number of aromatic nitrogens is 2. The van der Waals surface area contributed by atoms with E-state index >= 15 is 0 Å². The molecule has 3 heterocycles. The monoisotopic (exact) mass is 566 g/mol. The van der Waals surface area contributed by atoms with Crippen LogP contribution in [0.25, 0.3) is 10.9 Å². The van der Waals surface area contributed by atoms with Crippen molar-refractivity contribution in [2.75, 3.05) is 23.8 Å². The van der Waals surface area contributed by atoms with Gasteiger partial charge in [-0.05, 0) is 68.8 Å². The van der Waals surface area contributed by atoms with Crippen molar-refractivity contribution in [1.29, 1.82) is 5.26 Å². The number of fused-ring (bicyclic) bond motifs is 1. The molecule has 8 nitrogen and oxygen atoms in total. The van der Waals surface area contributed by atoms with Gasteiger partial charge in [0, 0.05) is 41.3 Å². The smallest absolute Gasteiger partial charge is 0.144 e. The summed E-state index contributed by atoms with van der Waals surface area (Å²) < 4.78 is 11.8. The number of hydrogen-bond donors (Lipinski definition) is 3. The number of nitrogens with one attached hydrogen (secondary N) is 3. The van der Waals surface area contributed by atoms with Crippen molar-refractivity contribution in [2.24, 2.45) is 0 Å². The first-order valence-corrected chi connectivity index (χ1v) is 13.9. The van der Waals surface area contributed by atoms with Gasteiger partial charge in [-0.1, -0.05) is 30.3 Å². The first-order chi connectivity index (χ1) is 20.0. The van der Waals surface area contributed by atoms with Crippen LogP contribution >= 0.6 is 11.6 Å². The third-order valence-electron chi connectivity index (χ3n) is 6.62. The van der Waals surface area contributed by atoms with E-state index in [-0.39, 0.29) is 0 Å². The molecule has 1 atom stereocenters. The quantitative estimate of drug-likeness (QED) is 0.165. The molecule has 0 saturated carbocycles. The van der Waals surface area contributed by atoms with Crippen LogP contribution in [0.5, 0.6) is 11.5 Å². The molecule has 0 radical (unpaired) electrons. The van der Waals surface area contributed by atoms with Crippen molar-refractivity contribution in [2.45, 2.75) is 32.4 Å². The van der Waals surface area contributed by atoms with Crippen LogP contribution < -0.4 is 25.4 Å². The zero-order valence-corrected chi connectivity index (χ0v) is 23.5. The van der Waals surface area contributed by atoms with E-state index < -0.39 is 0 Å². The van der Waals surface area contributed by atoms with Crippen LogP contribution in [0.1, 0.15) is 31.0 Å². The maximum Gasteiger partial charge on any atom is 0.144 e. The Morgan fingerprint density at radius 3 is 2.83 bits per heavy atom. The largest absolute Gasteiger partial charge is 0.492 e. The van der Waals surface area contributed by atoms with Crippen LogP contribution in [0, 0.1) is 11.3 Å². The first kappa shape index (κ1) is 28.0. The van der Waals surface area contributed by atoms with Gasteiger partial charge in [0.25, 0.3) is 0 Å². The van der Waals surface area contributed by atoms with Crippen molar-refractivity contribution in [3.63, 3.8) is 0 Å². The lowest BCUT2D eigenvalue weighted by atomic mass is 10.1. The highest BCUT2D eigenvalue weighted by Crippen LogP contribution is 2.38. The van der Waals surface area contributed by atoms with Crippen LogP contribution in [0.3, 0.4) is 0 Å². The van der Waals surface area contributed by atoms with E-state index in [4.69, 9.17) is 21.1 Å². The third kappa shape index (κ3) is 6.95. The molecule has 1 aliphatic rings. The molecule has 9 heteroatoms. The Balaban J connectivity index is 1.42. The molecule has 0 aliphatic carbocycles. The molecule has 1 aliphatic heterocycles. The summed E-state index contributed by atoms with van der Waals surface area (Å²) in [7, 11) is 0. The average molecular weight is 567 g/mol. The topological polar surface area (TPSA) is 104 Å². The molecule has 4 aromatic rings.